The van der Waals surface area contributed by atoms with Gasteiger partial charge in [-0.15, -0.1) is 0 Å². The average Bonchev–Trinajstić information content (AvgIpc) is 2.78. The summed E-state index contributed by atoms with van der Waals surface area (Å²) in [5.74, 6) is 0.474. The number of anilines is 1. The van der Waals surface area contributed by atoms with Crippen LogP contribution in [0.25, 0.3) is 10.8 Å². The third kappa shape index (κ3) is 3.72. The van der Waals surface area contributed by atoms with Crippen LogP contribution in [-0.4, -0.2) is 21.5 Å². The second kappa shape index (κ2) is 8.05. The summed E-state index contributed by atoms with van der Waals surface area (Å²) < 4.78 is 29.5. The summed E-state index contributed by atoms with van der Waals surface area (Å²) in [5.41, 5.74) is 4.54. The van der Waals surface area contributed by atoms with E-state index in [0.29, 0.717) is 16.5 Å². The number of nitrogens with one attached hydrogen (secondary N) is 2. The zero-order valence-corrected chi connectivity index (χ0v) is 18.0. The van der Waals surface area contributed by atoms with Gasteiger partial charge in [0.05, 0.1) is 4.90 Å². The number of aryl methyl sites for hydroxylation is 2. The van der Waals surface area contributed by atoms with Gasteiger partial charge < -0.3 is 5.32 Å². The zero-order valence-electron chi connectivity index (χ0n) is 17.2. The van der Waals surface area contributed by atoms with Crippen LogP contribution in [0.1, 0.15) is 48.3 Å². The SMILES string of the molecule is O=S(=O)(Nc1ccc2c(c1)CCCC2)c1ccc(C2CCNCC2)c2ccccc12. The number of piperidine rings is 1. The van der Waals surface area contributed by atoms with E-state index in [0.717, 1.165) is 49.5 Å². The van der Waals surface area contributed by atoms with Crippen LogP contribution in [0.3, 0.4) is 0 Å². The van der Waals surface area contributed by atoms with Crippen LogP contribution >= 0.6 is 0 Å². The van der Waals surface area contributed by atoms with E-state index < -0.39 is 10.0 Å². The first-order chi connectivity index (χ1) is 14.6. The number of rotatable bonds is 4. The van der Waals surface area contributed by atoms with E-state index in [9.17, 15) is 8.42 Å². The normalized spacial score (nSPS) is 17.6. The van der Waals surface area contributed by atoms with Crippen LogP contribution in [0, 0.1) is 0 Å². The Morgan fingerprint density at radius 2 is 1.57 bits per heavy atom. The molecule has 1 saturated heterocycles. The van der Waals surface area contributed by atoms with Gasteiger partial charge in [0.1, 0.15) is 0 Å². The molecule has 3 aromatic carbocycles. The Morgan fingerprint density at radius 1 is 0.833 bits per heavy atom. The first kappa shape index (κ1) is 19.6. The van der Waals surface area contributed by atoms with Crippen LogP contribution in [0.5, 0.6) is 0 Å². The van der Waals surface area contributed by atoms with Crippen molar-refractivity contribution in [2.75, 3.05) is 17.8 Å². The quantitative estimate of drug-likeness (QED) is 0.625. The molecule has 0 atom stereocenters. The molecule has 4 nitrogen and oxygen atoms in total. The van der Waals surface area contributed by atoms with Gasteiger partial charge in [-0.1, -0.05) is 36.4 Å². The molecule has 1 aliphatic heterocycles. The van der Waals surface area contributed by atoms with Gasteiger partial charge in [0, 0.05) is 11.1 Å². The molecule has 0 spiro atoms. The Balaban J connectivity index is 1.52. The Hall–Kier alpha value is -2.37. The summed E-state index contributed by atoms with van der Waals surface area (Å²) in [6.07, 6.45) is 6.68. The van der Waals surface area contributed by atoms with Crippen molar-refractivity contribution < 1.29 is 8.42 Å². The number of hydrogen-bond donors (Lipinski definition) is 2. The highest BCUT2D eigenvalue weighted by atomic mass is 32.2. The van der Waals surface area contributed by atoms with Gasteiger partial charge in [-0.2, -0.15) is 0 Å². The van der Waals surface area contributed by atoms with Crippen molar-refractivity contribution in [3.8, 4) is 0 Å². The van der Waals surface area contributed by atoms with Crippen LogP contribution in [0.4, 0.5) is 5.69 Å². The standard InChI is InChI=1S/C25H28N2O2S/c28-30(29,27-21-10-9-18-5-1-2-6-20(18)17-21)25-12-11-22(19-13-15-26-16-14-19)23-7-3-4-8-24(23)25/h3-4,7-12,17,19,26-27H,1-2,5-6,13-16H2. The molecule has 0 radical (unpaired) electrons. The molecule has 0 unspecified atom stereocenters. The van der Waals surface area contributed by atoms with Crippen molar-refractivity contribution in [1.82, 2.24) is 5.32 Å². The first-order valence-corrected chi connectivity index (χ1v) is 12.5. The summed E-state index contributed by atoms with van der Waals surface area (Å²) in [7, 11) is -3.68. The second-order valence-corrected chi connectivity index (χ2v) is 10.2. The largest absolute Gasteiger partial charge is 0.317 e. The smallest absolute Gasteiger partial charge is 0.262 e. The molecule has 2 aliphatic rings. The van der Waals surface area contributed by atoms with Gasteiger partial charge in [-0.25, -0.2) is 8.42 Å². The summed E-state index contributed by atoms with van der Waals surface area (Å²) in [4.78, 5) is 0.355. The van der Waals surface area contributed by atoms with Crippen molar-refractivity contribution in [2.24, 2.45) is 0 Å². The van der Waals surface area contributed by atoms with E-state index in [-0.39, 0.29) is 0 Å². The predicted molar refractivity (Wildman–Crippen MR) is 123 cm³/mol. The molecule has 3 aromatic rings. The van der Waals surface area contributed by atoms with E-state index in [2.05, 4.69) is 22.2 Å². The molecule has 0 aromatic heterocycles. The lowest BCUT2D eigenvalue weighted by molar-refractivity contribution is 0.462. The molecule has 1 aliphatic carbocycles. The minimum Gasteiger partial charge on any atom is -0.317 e. The van der Waals surface area contributed by atoms with Crippen molar-refractivity contribution in [3.05, 3.63) is 71.3 Å². The Labute approximate surface area is 178 Å². The van der Waals surface area contributed by atoms with Gasteiger partial charge in [-0.3, -0.25) is 4.72 Å². The van der Waals surface area contributed by atoms with Gasteiger partial charge in [0.15, 0.2) is 0 Å². The molecule has 156 valence electrons. The van der Waals surface area contributed by atoms with Crippen molar-refractivity contribution in [1.29, 1.82) is 0 Å². The Morgan fingerprint density at radius 3 is 2.37 bits per heavy atom. The molecule has 5 rings (SSSR count). The highest BCUT2D eigenvalue weighted by molar-refractivity contribution is 7.93. The lowest BCUT2D eigenvalue weighted by atomic mass is 9.87. The van der Waals surface area contributed by atoms with Gasteiger partial charge in [0.25, 0.3) is 10.0 Å². The third-order valence-electron chi connectivity index (χ3n) is 6.59. The fraction of sp³-hybridized carbons (Fsp3) is 0.360. The number of benzene rings is 3. The van der Waals surface area contributed by atoms with E-state index in [1.807, 2.05) is 36.4 Å². The van der Waals surface area contributed by atoms with Crippen LogP contribution in [-0.2, 0) is 22.9 Å². The van der Waals surface area contributed by atoms with E-state index in [1.165, 1.54) is 29.5 Å². The summed E-state index contributed by atoms with van der Waals surface area (Å²) in [6.45, 7) is 2.03. The lowest BCUT2D eigenvalue weighted by Gasteiger charge is -2.25. The molecule has 0 saturated carbocycles. The van der Waals surface area contributed by atoms with Crippen LogP contribution < -0.4 is 10.0 Å². The van der Waals surface area contributed by atoms with Gasteiger partial charge in [-0.05, 0) is 97.8 Å². The monoisotopic (exact) mass is 420 g/mol. The highest BCUT2D eigenvalue weighted by Crippen LogP contribution is 2.35. The molecule has 1 heterocycles. The maximum absolute atomic E-state index is 13.4. The third-order valence-corrected chi connectivity index (χ3v) is 8.03. The molecular formula is C25H28N2O2S. The second-order valence-electron chi connectivity index (χ2n) is 8.52. The summed E-state index contributed by atoms with van der Waals surface area (Å²) in [6, 6.07) is 17.7. The molecule has 1 fully saturated rings. The predicted octanol–water partition coefficient (Wildman–Crippen LogP) is 4.99. The van der Waals surface area contributed by atoms with E-state index >= 15 is 0 Å². The Bertz CT molecular complexity index is 1180. The molecule has 2 N–H and O–H groups in total. The van der Waals surface area contributed by atoms with E-state index in [4.69, 9.17) is 0 Å². The number of hydrogen-bond acceptors (Lipinski definition) is 3. The number of fused-ring (bicyclic) bond motifs is 2. The Kier molecular flexibility index (Phi) is 5.25. The molecule has 5 heteroatoms. The van der Waals surface area contributed by atoms with Crippen molar-refractivity contribution >= 4 is 26.5 Å². The molecular weight excluding hydrogens is 392 g/mol. The van der Waals surface area contributed by atoms with Crippen molar-refractivity contribution in [3.63, 3.8) is 0 Å². The van der Waals surface area contributed by atoms with Gasteiger partial charge in [0.2, 0.25) is 0 Å². The minimum absolute atomic E-state index is 0.355. The minimum atomic E-state index is -3.68. The number of sulfonamides is 1. The van der Waals surface area contributed by atoms with Crippen LogP contribution in [0.2, 0.25) is 0 Å². The zero-order chi connectivity index (χ0) is 20.6. The molecule has 0 amide bonds. The maximum Gasteiger partial charge on any atom is 0.262 e. The first-order valence-electron chi connectivity index (χ1n) is 11.0. The summed E-state index contributed by atoms with van der Waals surface area (Å²) in [5, 5.41) is 5.27. The molecule has 0 bridgehead atoms. The fourth-order valence-electron chi connectivity index (χ4n) is 5.03. The average molecular weight is 421 g/mol. The topological polar surface area (TPSA) is 58.2 Å². The fourth-order valence-corrected chi connectivity index (χ4v) is 6.29. The summed E-state index contributed by atoms with van der Waals surface area (Å²) >= 11 is 0. The van der Waals surface area contributed by atoms with E-state index in [1.54, 1.807) is 6.07 Å². The maximum atomic E-state index is 13.4. The highest BCUT2D eigenvalue weighted by Gasteiger charge is 2.23. The lowest BCUT2D eigenvalue weighted by Crippen LogP contribution is -2.26. The molecule has 30 heavy (non-hydrogen) atoms. The van der Waals surface area contributed by atoms with Gasteiger partial charge >= 0.3 is 0 Å². The van der Waals surface area contributed by atoms with Crippen LogP contribution in [0.15, 0.2) is 59.5 Å². The van der Waals surface area contributed by atoms with Crippen molar-refractivity contribution in [2.45, 2.75) is 49.3 Å².